The Morgan fingerprint density at radius 2 is 1.55 bits per heavy atom. The molecule has 1 unspecified atom stereocenters. The summed E-state index contributed by atoms with van der Waals surface area (Å²) in [7, 11) is 0. The van der Waals surface area contributed by atoms with Crippen molar-refractivity contribution in [2.75, 3.05) is 6.54 Å². The number of nitrogens with one attached hydrogen (secondary N) is 1. The molecule has 4 heteroatoms. The van der Waals surface area contributed by atoms with Crippen LogP contribution >= 0.6 is 0 Å². The van der Waals surface area contributed by atoms with Gasteiger partial charge in [0.2, 0.25) is 0 Å². The van der Waals surface area contributed by atoms with Crippen LogP contribution in [0.3, 0.4) is 0 Å². The molecule has 0 bridgehead atoms. The van der Waals surface area contributed by atoms with Crippen molar-refractivity contribution < 1.29 is 13.2 Å². The van der Waals surface area contributed by atoms with Crippen molar-refractivity contribution in [2.24, 2.45) is 0 Å². The van der Waals surface area contributed by atoms with Gasteiger partial charge in [0.05, 0.1) is 5.56 Å². The zero-order valence-corrected chi connectivity index (χ0v) is 12.5. The first-order chi connectivity index (χ1) is 10.5. The minimum Gasteiger partial charge on any atom is -0.314 e. The summed E-state index contributed by atoms with van der Waals surface area (Å²) in [6, 6.07) is 15.7. The molecule has 2 rings (SSSR count). The van der Waals surface area contributed by atoms with E-state index < -0.39 is 11.7 Å². The summed E-state index contributed by atoms with van der Waals surface area (Å²) in [5.41, 5.74) is 1.30. The number of alkyl halides is 3. The van der Waals surface area contributed by atoms with Crippen molar-refractivity contribution in [1.29, 1.82) is 0 Å². The lowest BCUT2D eigenvalue weighted by Crippen LogP contribution is -2.33. The van der Waals surface area contributed by atoms with Crippen LogP contribution in [-0.4, -0.2) is 12.6 Å². The second kappa shape index (κ2) is 7.45. The molecule has 118 valence electrons. The van der Waals surface area contributed by atoms with Gasteiger partial charge in [-0.3, -0.25) is 0 Å². The fourth-order valence-electron chi connectivity index (χ4n) is 2.56. The van der Waals surface area contributed by atoms with Crippen LogP contribution in [0.25, 0.3) is 0 Å². The van der Waals surface area contributed by atoms with Crippen molar-refractivity contribution in [2.45, 2.75) is 32.0 Å². The van der Waals surface area contributed by atoms with Crippen molar-refractivity contribution in [3.05, 3.63) is 71.3 Å². The quantitative estimate of drug-likeness (QED) is 0.830. The molecule has 0 aliphatic rings. The Morgan fingerprint density at radius 1 is 0.909 bits per heavy atom. The van der Waals surface area contributed by atoms with Crippen LogP contribution in [0, 0.1) is 0 Å². The minimum absolute atomic E-state index is 0.121. The van der Waals surface area contributed by atoms with Crippen LogP contribution in [-0.2, 0) is 19.0 Å². The number of hydrogen-bond donors (Lipinski definition) is 1. The molecular formula is C18H20F3N. The highest BCUT2D eigenvalue weighted by Gasteiger charge is 2.30. The van der Waals surface area contributed by atoms with E-state index in [-0.39, 0.29) is 6.04 Å². The summed E-state index contributed by atoms with van der Waals surface area (Å²) < 4.78 is 38.4. The van der Waals surface area contributed by atoms with Crippen LogP contribution < -0.4 is 5.32 Å². The van der Waals surface area contributed by atoms with E-state index in [0.29, 0.717) is 12.0 Å². The summed E-state index contributed by atoms with van der Waals surface area (Å²) in [4.78, 5) is 0. The summed E-state index contributed by atoms with van der Waals surface area (Å²) in [6.07, 6.45) is -2.92. The zero-order chi connectivity index (χ0) is 16.0. The highest BCUT2D eigenvalue weighted by atomic mass is 19.4. The topological polar surface area (TPSA) is 12.0 Å². The third-order valence-electron chi connectivity index (χ3n) is 3.55. The lowest BCUT2D eigenvalue weighted by molar-refractivity contribution is -0.137. The summed E-state index contributed by atoms with van der Waals surface area (Å²) >= 11 is 0. The summed E-state index contributed by atoms with van der Waals surface area (Å²) in [5.74, 6) is 0. The fraction of sp³-hybridized carbons (Fsp3) is 0.333. The molecule has 0 aromatic heterocycles. The molecule has 0 aliphatic heterocycles. The number of rotatable bonds is 6. The molecule has 0 aliphatic carbocycles. The number of halogens is 3. The maximum Gasteiger partial charge on any atom is 0.416 e. The van der Waals surface area contributed by atoms with Gasteiger partial charge in [0, 0.05) is 6.04 Å². The van der Waals surface area contributed by atoms with E-state index in [1.807, 2.05) is 37.3 Å². The Kier molecular flexibility index (Phi) is 5.61. The lowest BCUT2D eigenvalue weighted by atomic mass is 9.98. The number of likely N-dealkylation sites (N-methyl/N-ethyl adjacent to an activating group) is 1. The molecule has 0 radical (unpaired) electrons. The first-order valence-electron chi connectivity index (χ1n) is 7.42. The van der Waals surface area contributed by atoms with Gasteiger partial charge in [-0.25, -0.2) is 0 Å². The molecule has 1 N–H and O–H groups in total. The SMILES string of the molecule is CCNC(Cc1ccccc1)Cc1cccc(C(F)(F)F)c1. The van der Waals surface area contributed by atoms with Crippen molar-refractivity contribution in [3.63, 3.8) is 0 Å². The Bertz CT molecular complexity index is 578. The van der Waals surface area contributed by atoms with E-state index >= 15 is 0 Å². The molecule has 2 aromatic rings. The molecule has 2 aromatic carbocycles. The summed E-state index contributed by atoms with van der Waals surface area (Å²) in [5, 5.41) is 3.36. The molecule has 0 fully saturated rings. The standard InChI is InChI=1S/C18H20F3N/c1-2-22-17(12-14-7-4-3-5-8-14)13-15-9-6-10-16(11-15)18(19,20)21/h3-11,17,22H,2,12-13H2,1H3. The van der Waals surface area contributed by atoms with Gasteiger partial charge < -0.3 is 5.32 Å². The van der Waals surface area contributed by atoms with Crippen molar-refractivity contribution in [3.8, 4) is 0 Å². The lowest BCUT2D eigenvalue weighted by Gasteiger charge is -2.19. The van der Waals surface area contributed by atoms with Gasteiger partial charge in [-0.15, -0.1) is 0 Å². The second-order valence-electron chi connectivity index (χ2n) is 5.35. The van der Waals surface area contributed by atoms with Crippen molar-refractivity contribution in [1.82, 2.24) is 5.32 Å². The van der Waals surface area contributed by atoms with E-state index in [1.165, 1.54) is 17.7 Å². The number of hydrogen-bond acceptors (Lipinski definition) is 1. The average Bonchev–Trinajstić information content (AvgIpc) is 2.48. The Hall–Kier alpha value is -1.81. The smallest absolute Gasteiger partial charge is 0.314 e. The molecule has 0 spiro atoms. The van der Waals surface area contributed by atoms with Gasteiger partial charge in [0.25, 0.3) is 0 Å². The average molecular weight is 307 g/mol. The maximum absolute atomic E-state index is 12.8. The van der Waals surface area contributed by atoms with E-state index in [1.54, 1.807) is 6.07 Å². The second-order valence-corrected chi connectivity index (χ2v) is 5.35. The van der Waals surface area contributed by atoms with Crippen LogP contribution in [0.4, 0.5) is 13.2 Å². The minimum atomic E-state index is -4.29. The van der Waals surface area contributed by atoms with Crippen LogP contribution in [0.2, 0.25) is 0 Å². The molecule has 1 atom stereocenters. The third kappa shape index (κ3) is 4.88. The monoisotopic (exact) mass is 307 g/mol. The predicted molar refractivity (Wildman–Crippen MR) is 82.8 cm³/mol. The molecule has 0 saturated heterocycles. The normalized spacial score (nSPS) is 13.1. The largest absolute Gasteiger partial charge is 0.416 e. The van der Waals surface area contributed by atoms with Gasteiger partial charge in [0.1, 0.15) is 0 Å². The highest BCUT2D eigenvalue weighted by Crippen LogP contribution is 2.29. The van der Waals surface area contributed by atoms with Gasteiger partial charge in [0.15, 0.2) is 0 Å². The van der Waals surface area contributed by atoms with Crippen molar-refractivity contribution >= 4 is 0 Å². The van der Waals surface area contributed by atoms with E-state index in [9.17, 15) is 13.2 Å². The summed E-state index contributed by atoms with van der Waals surface area (Å²) in [6.45, 7) is 2.79. The van der Waals surface area contributed by atoms with Crippen LogP contribution in [0.1, 0.15) is 23.6 Å². The van der Waals surface area contributed by atoms with E-state index in [2.05, 4.69) is 5.32 Å². The van der Waals surface area contributed by atoms with Gasteiger partial charge in [-0.2, -0.15) is 13.2 Å². The Morgan fingerprint density at radius 3 is 2.18 bits per heavy atom. The molecule has 0 saturated carbocycles. The molecule has 0 heterocycles. The highest BCUT2D eigenvalue weighted by molar-refractivity contribution is 5.27. The predicted octanol–water partition coefficient (Wildman–Crippen LogP) is 4.47. The van der Waals surface area contributed by atoms with Gasteiger partial charge in [-0.1, -0.05) is 55.5 Å². The van der Waals surface area contributed by atoms with E-state index in [4.69, 9.17) is 0 Å². The van der Waals surface area contributed by atoms with E-state index in [0.717, 1.165) is 19.0 Å². The third-order valence-corrected chi connectivity index (χ3v) is 3.55. The number of benzene rings is 2. The maximum atomic E-state index is 12.8. The fourth-order valence-corrected chi connectivity index (χ4v) is 2.56. The van der Waals surface area contributed by atoms with Crippen LogP contribution in [0.5, 0.6) is 0 Å². The first-order valence-corrected chi connectivity index (χ1v) is 7.42. The Labute approximate surface area is 129 Å². The Balaban J connectivity index is 2.11. The van der Waals surface area contributed by atoms with Gasteiger partial charge in [-0.05, 0) is 36.6 Å². The molecule has 1 nitrogen and oxygen atoms in total. The molecular weight excluding hydrogens is 287 g/mol. The molecule has 22 heavy (non-hydrogen) atoms. The molecule has 0 amide bonds. The van der Waals surface area contributed by atoms with Crippen LogP contribution in [0.15, 0.2) is 54.6 Å². The van der Waals surface area contributed by atoms with Gasteiger partial charge >= 0.3 is 6.18 Å². The zero-order valence-electron chi connectivity index (χ0n) is 12.5. The first kappa shape index (κ1) is 16.6.